The van der Waals surface area contributed by atoms with Crippen molar-refractivity contribution in [3.05, 3.63) is 60.8 Å². The molecule has 3 N–H and O–H groups in total. The monoisotopic (exact) mass is 966 g/mol. The van der Waals surface area contributed by atoms with Crippen molar-refractivity contribution >= 4 is 11.9 Å². The molecule has 0 aliphatic heterocycles. The zero-order valence-corrected chi connectivity index (χ0v) is 45.9. The number of rotatable bonds is 54. The summed E-state index contributed by atoms with van der Waals surface area (Å²) in [6.45, 7) is 6.47. The highest BCUT2D eigenvalue weighted by Gasteiger charge is 2.24. The van der Waals surface area contributed by atoms with Crippen molar-refractivity contribution in [2.75, 3.05) is 6.61 Å². The lowest BCUT2D eigenvalue weighted by atomic mass is 10.0. The number of nitrogens with one attached hydrogen (secondary N) is 1. The average Bonchev–Trinajstić information content (AvgIpc) is 3.34. The third-order valence-electron chi connectivity index (χ3n) is 13.6. The second kappa shape index (κ2) is 56.5. The van der Waals surface area contributed by atoms with E-state index in [2.05, 4.69) is 86.8 Å². The number of unbranched alkanes of at least 4 members (excludes halogenated alkanes) is 32. The molecule has 0 aliphatic rings. The quantitative estimate of drug-likeness (QED) is 0.0321. The first-order valence-corrected chi connectivity index (χ1v) is 30.0. The fraction of sp³-hybridized carbons (Fsp3) is 0.810. The third-order valence-corrected chi connectivity index (χ3v) is 13.6. The van der Waals surface area contributed by atoms with Gasteiger partial charge in [-0.25, -0.2) is 0 Å². The number of carbonyl (C=O) groups is 2. The Morgan fingerprint density at radius 1 is 0.420 bits per heavy atom. The van der Waals surface area contributed by atoms with Gasteiger partial charge >= 0.3 is 5.97 Å². The predicted molar refractivity (Wildman–Crippen MR) is 301 cm³/mol. The number of aliphatic hydroxyl groups excluding tert-OH is 2. The Bertz CT molecular complexity index is 1220. The summed E-state index contributed by atoms with van der Waals surface area (Å²) >= 11 is 0. The summed E-state index contributed by atoms with van der Waals surface area (Å²) in [6, 6.07) is -0.722. The summed E-state index contributed by atoms with van der Waals surface area (Å²) in [6.07, 6.45) is 71.5. The number of hydrogen-bond acceptors (Lipinski definition) is 5. The first-order valence-electron chi connectivity index (χ1n) is 30.0. The molecular formula is C63H115NO5. The van der Waals surface area contributed by atoms with E-state index in [9.17, 15) is 19.8 Å². The summed E-state index contributed by atoms with van der Waals surface area (Å²) in [5, 5.41) is 23.9. The number of carbonyl (C=O) groups excluding carboxylic acids is 2. The van der Waals surface area contributed by atoms with Crippen LogP contribution in [-0.4, -0.2) is 46.9 Å². The molecule has 402 valence electrons. The van der Waals surface area contributed by atoms with E-state index in [0.717, 1.165) is 70.6 Å². The highest BCUT2D eigenvalue weighted by atomic mass is 16.5. The topological polar surface area (TPSA) is 95.9 Å². The SMILES string of the molecule is CCCCC/C=C\C/C=C\C/C=C\C/C=C\CCCC(CC(=O)NC(CO)C(O)CCCCCCCCCCCCCCCCCC)OC(=O)CCCCCCCCC/C=C/CCCCCCCC. The maximum atomic E-state index is 13.3. The fourth-order valence-corrected chi connectivity index (χ4v) is 9.00. The van der Waals surface area contributed by atoms with Gasteiger partial charge in [-0.15, -0.1) is 0 Å². The molecule has 0 aromatic heterocycles. The van der Waals surface area contributed by atoms with Crippen molar-refractivity contribution < 1.29 is 24.5 Å². The molecule has 1 amide bonds. The summed E-state index contributed by atoms with van der Waals surface area (Å²) in [7, 11) is 0. The first-order chi connectivity index (χ1) is 34.0. The summed E-state index contributed by atoms with van der Waals surface area (Å²) in [5.74, 6) is -0.524. The third kappa shape index (κ3) is 51.7. The van der Waals surface area contributed by atoms with Gasteiger partial charge in [0.25, 0.3) is 0 Å². The van der Waals surface area contributed by atoms with E-state index < -0.39 is 18.2 Å². The largest absolute Gasteiger partial charge is 0.462 e. The minimum atomic E-state index is -0.805. The van der Waals surface area contributed by atoms with Gasteiger partial charge in [-0.1, -0.05) is 261 Å². The average molecular weight is 967 g/mol. The Balaban J connectivity index is 4.64. The van der Waals surface area contributed by atoms with Gasteiger partial charge in [0.05, 0.1) is 25.2 Å². The molecule has 0 bridgehead atoms. The maximum Gasteiger partial charge on any atom is 0.306 e. The van der Waals surface area contributed by atoms with Crippen molar-refractivity contribution in [2.24, 2.45) is 0 Å². The van der Waals surface area contributed by atoms with E-state index in [1.807, 2.05) is 0 Å². The van der Waals surface area contributed by atoms with Gasteiger partial charge in [-0.05, 0) is 89.9 Å². The van der Waals surface area contributed by atoms with Gasteiger partial charge in [0.2, 0.25) is 5.91 Å². The van der Waals surface area contributed by atoms with Crippen molar-refractivity contribution in [1.29, 1.82) is 0 Å². The summed E-state index contributed by atoms with van der Waals surface area (Å²) in [5.41, 5.74) is 0. The molecule has 0 aromatic carbocycles. The van der Waals surface area contributed by atoms with E-state index >= 15 is 0 Å². The standard InChI is InChI=1S/C63H115NO5/c1-4-7-10-13-16-19-22-25-28-31-33-36-39-42-45-48-51-54-59(69-63(68)56-53-50-47-44-41-38-35-32-29-26-23-20-17-14-11-8-5-2)57-62(67)64-60(58-65)61(66)55-52-49-46-43-40-37-34-30-27-24-21-18-15-12-9-6-3/h16,19,25-26,28-29,33,36,42,45,59-61,65-66H,4-15,17-18,20-24,27,30-32,34-35,37-41,43-44,46-58H2,1-3H3,(H,64,67)/b19-16-,28-25-,29-26+,36-33-,45-42-. The van der Waals surface area contributed by atoms with Crippen LogP contribution in [-0.2, 0) is 14.3 Å². The lowest BCUT2D eigenvalue weighted by Crippen LogP contribution is -2.46. The Kier molecular flexibility index (Phi) is 54.5. The van der Waals surface area contributed by atoms with Crippen LogP contribution in [0.25, 0.3) is 0 Å². The second-order valence-electron chi connectivity index (χ2n) is 20.4. The number of ether oxygens (including phenoxy) is 1. The second-order valence-corrected chi connectivity index (χ2v) is 20.4. The van der Waals surface area contributed by atoms with E-state index in [0.29, 0.717) is 19.3 Å². The molecule has 3 atom stereocenters. The number of allylic oxidation sites excluding steroid dienone is 10. The molecule has 3 unspecified atom stereocenters. The van der Waals surface area contributed by atoms with Crippen LogP contribution in [0.4, 0.5) is 0 Å². The van der Waals surface area contributed by atoms with Crippen LogP contribution in [0.5, 0.6) is 0 Å². The normalized spacial score (nSPS) is 13.5. The van der Waals surface area contributed by atoms with Gasteiger partial charge in [0.15, 0.2) is 0 Å². The zero-order chi connectivity index (χ0) is 50.2. The van der Waals surface area contributed by atoms with Crippen LogP contribution >= 0.6 is 0 Å². The Morgan fingerprint density at radius 2 is 0.754 bits per heavy atom. The minimum Gasteiger partial charge on any atom is -0.462 e. The van der Waals surface area contributed by atoms with Crippen molar-refractivity contribution in [3.8, 4) is 0 Å². The Labute approximate surface area is 428 Å². The van der Waals surface area contributed by atoms with Crippen LogP contribution in [0.3, 0.4) is 0 Å². The molecule has 6 nitrogen and oxygen atoms in total. The molecule has 0 saturated heterocycles. The van der Waals surface area contributed by atoms with E-state index in [4.69, 9.17) is 4.74 Å². The zero-order valence-electron chi connectivity index (χ0n) is 45.9. The molecule has 0 aromatic rings. The van der Waals surface area contributed by atoms with Crippen LogP contribution in [0.1, 0.15) is 303 Å². The molecule has 0 radical (unpaired) electrons. The van der Waals surface area contributed by atoms with Crippen LogP contribution in [0, 0.1) is 0 Å². The fourth-order valence-electron chi connectivity index (χ4n) is 9.00. The molecule has 0 rings (SSSR count). The number of esters is 1. The molecule has 0 heterocycles. The van der Waals surface area contributed by atoms with Gasteiger partial charge in [-0.3, -0.25) is 9.59 Å². The molecule has 0 saturated carbocycles. The van der Waals surface area contributed by atoms with Crippen LogP contribution in [0.2, 0.25) is 0 Å². The Hall–Kier alpha value is -2.44. The van der Waals surface area contributed by atoms with E-state index in [-0.39, 0.29) is 24.9 Å². The molecule has 0 fully saturated rings. The van der Waals surface area contributed by atoms with E-state index in [1.165, 1.54) is 186 Å². The van der Waals surface area contributed by atoms with Crippen molar-refractivity contribution in [3.63, 3.8) is 0 Å². The summed E-state index contributed by atoms with van der Waals surface area (Å²) in [4.78, 5) is 26.3. The van der Waals surface area contributed by atoms with E-state index in [1.54, 1.807) is 0 Å². The molecule has 69 heavy (non-hydrogen) atoms. The summed E-state index contributed by atoms with van der Waals surface area (Å²) < 4.78 is 5.94. The lowest BCUT2D eigenvalue weighted by molar-refractivity contribution is -0.151. The highest BCUT2D eigenvalue weighted by Crippen LogP contribution is 2.18. The smallest absolute Gasteiger partial charge is 0.306 e. The highest BCUT2D eigenvalue weighted by molar-refractivity contribution is 5.77. The van der Waals surface area contributed by atoms with Crippen LogP contribution < -0.4 is 5.32 Å². The molecule has 0 aliphatic carbocycles. The number of hydrogen-bond donors (Lipinski definition) is 3. The minimum absolute atomic E-state index is 0.0386. The van der Waals surface area contributed by atoms with Gasteiger partial charge < -0.3 is 20.3 Å². The first kappa shape index (κ1) is 66.6. The van der Waals surface area contributed by atoms with Gasteiger partial charge in [-0.2, -0.15) is 0 Å². The molecule has 0 spiro atoms. The number of aliphatic hydroxyl groups is 2. The number of amides is 1. The van der Waals surface area contributed by atoms with Crippen molar-refractivity contribution in [1.82, 2.24) is 5.32 Å². The van der Waals surface area contributed by atoms with Crippen LogP contribution in [0.15, 0.2) is 60.8 Å². The predicted octanol–water partition coefficient (Wildman–Crippen LogP) is 18.7. The van der Waals surface area contributed by atoms with Gasteiger partial charge in [0, 0.05) is 6.42 Å². The maximum absolute atomic E-state index is 13.3. The van der Waals surface area contributed by atoms with Crippen molar-refractivity contribution in [2.45, 2.75) is 322 Å². The lowest BCUT2D eigenvalue weighted by Gasteiger charge is -2.24. The molecular weight excluding hydrogens is 851 g/mol. The Morgan fingerprint density at radius 3 is 1.19 bits per heavy atom. The molecule has 6 heteroatoms. The van der Waals surface area contributed by atoms with Gasteiger partial charge in [0.1, 0.15) is 6.10 Å².